The van der Waals surface area contributed by atoms with E-state index in [1.54, 1.807) is 26.0 Å². The molecule has 3 aliphatic heterocycles. The standard InChI is InChI=1S/C70H88N14O19/c1-35(2)56-68(100)84-27-11-15-50(84)64(96)75-38(5)59(82-63(95)46(30-51(72)85)77-60(92)42-22-20-41(21-23-42)44-25-24-43-28-40(18-19-45(43)29-44)17-16-39-12-7-6-8-13-39)69(101)83-26-10-9-14-49(83)65(97)81-57(36(3)70(102)103)66(98)78-48(32-55(90)91)62(94)73-33-52(86)76-47(31-54(88)89)61(93)74-34-53(87)79-58(37(4)71)67(99)80-56/h6-8,12-13,18-25,28-29,35-38,46-50,56-59H,9-11,14-17,26-27,30-34,71H2,1-5H3,(H2,72,85)(H,73,94)(H,74,93)(H,75,96)(H,76,86)(H,77,92)(H,78,98)(H,79,87)(H,80,99)(H,81,97)(H,82,95)(H,88,89)(H,90,91)(H,102,103)/t36?,37?,38-,46+,47?,48+,49-,50+,56+,57+,58-,59?/m1/s1. The van der Waals surface area contributed by atoms with Crippen molar-refractivity contribution < 1.29 is 92.0 Å². The van der Waals surface area contributed by atoms with Crippen molar-refractivity contribution in [1.29, 1.82) is 0 Å². The van der Waals surface area contributed by atoms with Crippen LogP contribution in [0, 0.1) is 11.8 Å². The monoisotopic (exact) mass is 1430 g/mol. The molecule has 0 spiro atoms. The molecule has 4 unspecified atom stereocenters. The number of hydrogen-bond acceptors (Lipinski definition) is 17. The number of amides is 13. The van der Waals surface area contributed by atoms with Crippen LogP contribution in [0.5, 0.6) is 0 Å². The van der Waals surface area contributed by atoms with E-state index < -0.39 is 205 Å². The highest BCUT2D eigenvalue weighted by molar-refractivity contribution is 6.03. The Morgan fingerprint density at radius 3 is 1.69 bits per heavy atom. The van der Waals surface area contributed by atoms with E-state index in [0.717, 1.165) is 46.6 Å². The van der Waals surface area contributed by atoms with Gasteiger partial charge in [-0.25, -0.2) is 0 Å². The van der Waals surface area contributed by atoms with Crippen LogP contribution in [0.4, 0.5) is 0 Å². The number of nitrogens with zero attached hydrogens (tertiary/aromatic N) is 2. The van der Waals surface area contributed by atoms with Gasteiger partial charge in [0.05, 0.1) is 44.3 Å². The number of carbonyl (C=O) groups is 16. The number of primary amides is 1. The fraction of sp³-hybridized carbons (Fsp3) is 0.457. The molecule has 33 heteroatoms. The molecule has 33 nitrogen and oxygen atoms in total. The first-order valence-corrected chi connectivity index (χ1v) is 33.8. The fourth-order valence-electron chi connectivity index (χ4n) is 12.3. The average Bonchev–Trinajstić information content (AvgIpc) is 1.59. The zero-order valence-corrected chi connectivity index (χ0v) is 57.5. The Morgan fingerprint density at radius 2 is 1.09 bits per heavy atom. The number of nitrogens with one attached hydrogen (secondary N) is 10. The molecule has 13 amide bonds. The first-order valence-electron chi connectivity index (χ1n) is 33.8. The molecular formula is C70H88N14O19. The minimum absolute atomic E-state index is 0.0154. The number of rotatable bonds is 18. The topological polar surface area (TPSA) is 513 Å². The molecule has 0 bridgehead atoms. The Morgan fingerprint density at radius 1 is 0.553 bits per heavy atom. The molecule has 3 heterocycles. The first kappa shape index (κ1) is 79.0. The third-order valence-corrected chi connectivity index (χ3v) is 18.0. The number of piperidine rings is 1. The Bertz CT molecular complexity index is 3890. The van der Waals surface area contributed by atoms with Gasteiger partial charge in [0.2, 0.25) is 70.9 Å². The van der Waals surface area contributed by atoms with Gasteiger partial charge in [-0.3, -0.25) is 76.7 Å². The maximum Gasteiger partial charge on any atom is 0.308 e. The van der Waals surface area contributed by atoms with E-state index in [-0.39, 0.29) is 50.8 Å². The number of aryl methyl sites for hydroxylation is 2. The second-order valence-electron chi connectivity index (χ2n) is 26.2. The van der Waals surface area contributed by atoms with Gasteiger partial charge in [-0.2, -0.15) is 0 Å². The first-order chi connectivity index (χ1) is 48.8. The summed E-state index contributed by atoms with van der Waals surface area (Å²) in [5.41, 5.74) is 15.8. The predicted octanol–water partition coefficient (Wildman–Crippen LogP) is -2.03. The van der Waals surface area contributed by atoms with Crippen molar-refractivity contribution in [3.8, 4) is 11.1 Å². The van der Waals surface area contributed by atoms with E-state index in [0.29, 0.717) is 0 Å². The maximum absolute atomic E-state index is 15.5. The number of carbonyl (C=O) groups excluding carboxylic acids is 13. The molecule has 552 valence electrons. The van der Waals surface area contributed by atoms with Crippen LogP contribution < -0.4 is 64.6 Å². The summed E-state index contributed by atoms with van der Waals surface area (Å²) >= 11 is 0. The molecule has 7 rings (SSSR count). The van der Waals surface area contributed by atoms with E-state index in [1.807, 2.05) is 47.8 Å². The lowest BCUT2D eigenvalue weighted by molar-refractivity contribution is -0.149. The van der Waals surface area contributed by atoms with Crippen LogP contribution in [0.2, 0.25) is 0 Å². The van der Waals surface area contributed by atoms with Crippen LogP contribution in [-0.2, 0) is 84.8 Å². The third-order valence-electron chi connectivity index (χ3n) is 18.0. The summed E-state index contributed by atoms with van der Waals surface area (Å²) in [6, 6.07) is 10.1. The second-order valence-corrected chi connectivity index (χ2v) is 26.2. The Balaban J connectivity index is 1.20. The van der Waals surface area contributed by atoms with Crippen molar-refractivity contribution in [3.63, 3.8) is 0 Å². The second kappa shape index (κ2) is 36.3. The zero-order chi connectivity index (χ0) is 75.5. The summed E-state index contributed by atoms with van der Waals surface area (Å²) in [7, 11) is 0. The molecule has 4 aromatic carbocycles. The van der Waals surface area contributed by atoms with E-state index in [9.17, 15) is 87.2 Å². The highest BCUT2D eigenvalue weighted by atomic mass is 16.4. The van der Waals surface area contributed by atoms with E-state index in [1.165, 1.54) is 42.0 Å². The highest BCUT2D eigenvalue weighted by Crippen LogP contribution is 2.28. The lowest BCUT2D eigenvalue weighted by atomic mass is 9.96. The van der Waals surface area contributed by atoms with Crippen LogP contribution in [0.1, 0.15) is 107 Å². The molecule has 103 heavy (non-hydrogen) atoms. The largest absolute Gasteiger partial charge is 0.481 e. The minimum Gasteiger partial charge on any atom is -0.481 e. The summed E-state index contributed by atoms with van der Waals surface area (Å²) in [5.74, 6) is -22.1. The van der Waals surface area contributed by atoms with Gasteiger partial charge in [0, 0.05) is 24.7 Å². The van der Waals surface area contributed by atoms with Crippen LogP contribution in [0.3, 0.4) is 0 Å². The lowest BCUT2D eigenvalue weighted by Gasteiger charge is -2.39. The van der Waals surface area contributed by atoms with Crippen LogP contribution >= 0.6 is 0 Å². The summed E-state index contributed by atoms with van der Waals surface area (Å²) in [4.78, 5) is 222. The molecule has 3 aliphatic rings. The normalized spacial score (nSPS) is 23.5. The van der Waals surface area contributed by atoms with Crippen LogP contribution in [-0.4, -0.2) is 212 Å². The molecule has 0 aromatic heterocycles. The van der Waals surface area contributed by atoms with Gasteiger partial charge in [-0.15, -0.1) is 0 Å². The maximum atomic E-state index is 15.5. The van der Waals surface area contributed by atoms with E-state index in [2.05, 4.69) is 72.1 Å². The van der Waals surface area contributed by atoms with Crippen molar-refractivity contribution in [2.45, 2.75) is 165 Å². The molecule has 12 atom stereocenters. The van der Waals surface area contributed by atoms with Crippen LogP contribution in [0.15, 0.2) is 91.0 Å². The zero-order valence-electron chi connectivity index (χ0n) is 57.5. The summed E-state index contributed by atoms with van der Waals surface area (Å²) < 4.78 is 0. The van der Waals surface area contributed by atoms with E-state index >= 15 is 4.79 Å². The van der Waals surface area contributed by atoms with Gasteiger partial charge in [0.25, 0.3) is 5.91 Å². The van der Waals surface area contributed by atoms with E-state index in [4.69, 9.17) is 11.5 Å². The molecule has 3 saturated heterocycles. The Labute approximate surface area is 591 Å². The fourth-order valence-corrected chi connectivity index (χ4v) is 12.3. The summed E-state index contributed by atoms with van der Waals surface area (Å²) in [6.07, 6.45) is -0.952. The number of carboxylic acid groups (broad SMARTS) is 3. The number of fused-ring (bicyclic) bond motifs is 3. The number of benzene rings is 4. The predicted molar refractivity (Wildman–Crippen MR) is 367 cm³/mol. The molecule has 0 saturated carbocycles. The Hall–Kier alpha value is -11.4. The smallest absolute Gasteiger partial charge is 0.308 e. The van der Waals surface area contributed by atoms with Gasteiger partial charge in [-0.1, -0.05) is 86.6 Å². The van der Waals surface area contributed by atoms with Gasteiger partial charge in [-0.05, 0) is 123 Å². The van der Waals surface area contributed by atoms with Crippen molar-refractivity contribution in [2.75, 3.05) is 26.2 Å². The molecular weight excluding hydrogens is 1340 g/mol. The third kappa shape index (κ3) is 21.8. The SMILES string of the molecule is CC(C)[C@@H]1NC(=O)[C@@H](C(C)N)NC(=O)CNC(=O)C(CC(=O)O)NC(=O)CNC(=O)[C@H](CC(=O)O)NC(=O)[C@H](C(C)C(=O)O)NC(=O)[C@H]2CCCCN2C(=O)C(NC(=O)[C@H](CC(N)=O)NC(=O)c2ccc(-c3ccc4cc(CCc5ccccc5)ccc4c3)cc2)[C@@H](C)NC(=O)[C@@H]2CCCN2C1=O. The van der Waals surface area contributed by atoms with Gasteiger partial charge in [0.1, 0.15) is 54.4 Å². The number of nitrogens with two attached hydrogens (primary N) is 2. The van der Waals surface area contributed by atoms with Crippen molar-refractivity contribution >= 4 is 105 Å². The Kier molecular flexibility index (Phi) is 27.8. The van der Waals surface area contributed by atoms with Crippen molar-refractivity contribution in [1.82, 2.24) is 63.0 Å². The molecule has 3 fully saturated rings. The molecule has 0 radical (unpaired) electrons. The lowest BCUT2D eigenvalue weighted by Crippen LogP contribution is -2.66. The minimum atomic E-state index is -2.16. The molecule has 0 aliphatic carbocycles. The van der Waals surface area contributed by atoms with Crippen molar-refractivity contribution in [2.24, 2.45) is 23.3 Å². The quantitative estimate of drug-likeness (QED) is 0.0511. The summed E-state index contributed by atoms with van der Waals surface area (Å²) in [6.45, 7) is 4.37. The number of hydrogen-bond donors (Lipinski definition) is 15. The van der Waals surface area contributed by atoms with Gasteiger partial charge in [0.15, 0.2) is 0 Å². The number of carboxylic acids is 3. The van der Waals surface area contributed by atoms with Crippen molar-refractivity contribution in [3.05, 3.63) is 108 Å². The number of aliphatic carboxylic acids is 3. The van der Waals surface area contributed by atoms with Gasteiger partial charge < -0.3 is 89.8 Å². The highest BCUT2D eigenvalue weighted by Gasteiger charge is 2.45. The summed E-state index contributed by atoms with van der Waals surface area (Å²) in [5, 5.41) is 54.9. The average molecular weight is 1430 g/mol. The van der Waals surface area contributed by atoms with Crippen LogP contribution in [0.25, 0.3) is 21.9 Å². The molecule has 17 N–H and O–H groups in total. The van der Waals surface area contributed by atoms with Gasteiger partial charge >= 0.3 is 17.9 Å². The molecule has 4 aromatic rings.